The van der Waals surface area contributed by atoms with Gasteiger partial charge < -0.3 is 4.98 Å². The molecule has 0 amide bonds. The second-order valence-corrected chi connectivity index (χ2v) is 10.1. The maximum Gasteiger partial charge on any atom is 0.137 e. The van der Waals surface area contributed by atoms with Crippen molar-refractivity contribution in [1.29, 1.82) is 0 Å². The molecule has 5 rings (SSSR count). The van der Waals surface area contributed by atoms with Crippen molar-refractivity contribution in [3.05, 3.63) is 113 Å². The van der Waals surface area contributed by atoms with Gasteiger partial charge in [0.15, 0.2) is 0 Å². The van der Waals surface area contributed by atoms with Gasteiger partial charge in [0.2, 0.25) is 0 Å². The summed E-state index contributed by atoms with van der Waals surface area (Å²) in [6.07, 6.45) is 2.27. The summed E-state index contributed by atoms with van der Waals surface area (Å²) < 4.78 is 0. The van der Waals surface area contributed by atoms with Crippen molar-refractivity contribution in [1.82, 2.24) is 19.8 Å². The second-order valence-electron chi connectivity index (χ2n) is 10.1. The Kier molecular flexibility index (Phi) is 7.64. The molecule has 2 heterocycles. The van der Waals surface area contributed by atoms with Crippen LogP contribution in [0.3, 0.4) is 0 Å². The van der Waals surface area contributed by atoms with Crippen LogP contribution < -0.4 is 0 Å². The number of nitrogens with zero attached hydrogens (tertiary/aromatic N) is 3. The average Bonchev–Trinajstić information content (AvgIpc) is 3.30. The molecular weight excluding hydrogens is 440 g/mol. The number of nitrogens with one attached hydrogen (secondary N) is 1. The van der Waals surface area contributed by atoms with E-state index in [1.807, 2.05) is 0 Å². The van der Waals surface area contributed by atoms with Crippen LogP contribution in [0.25, 0.3) is 11.4 Å². The SMILES string of the molecule is CCCC(c1nc(-c2ccc(C)cc2)[nH]c1C)N1CCN(C(c2ccccc2)c2ccccc2)CC1. The summed E-state index contributed by atoms with van der Waals surface area (Å²) in [7, 11) is 0. The Hall–Kier alpha value is -3.21. The van der Waals surface area contributed by atoms with Gasteiger partial charge in [-0.1, -0.05) is 104 Å². The van der Waals surface area contributed by atoms with E-state index in [0.717, 1.165) is 50.4 Å². The van der Waals surface area contributed by atoms with Crippen LogP contribution in [-0.2, 0) is 0 Å². The molecule has 1 unspecified atom stereocenters. The number of aromatic amines is 1. The molecule has 3 aromatic carbocycles. The van der Waals surface area contributed by atoms with Crippen molar-refractivity contribution < 1.29 is 0 Å². The lowest BCUT2D eigenvalue weighted by molar-refractivity contribution is 0.0733. The third kappa shape index (κ3) is 5.30. The summed E-state index contributed by atoms with van der Waals surface area (Å²) in [4.78, 5) is 14.0. The van der Waals surface area contributed by atoms with Crippen molar-refractivity contribution in [3.8, 4) is 11.4 Å². The molecule has 1 aliphatic rings. The first-order chi connectivity index (χ1) is 17.6. The van der Waals surface area contributed by atoms with Gasteiger partial charge in [-0.15, -0.1) is 0 Å². The Labute approximate surface area is 216 Å². The molecule has 36 heavy (non-hydrogen) atoms. The highest BCUT2D eigenvalue weighted by molar-refractivity contribution is 5.56. The van der Waals surface area contributed by atoms with E-state index in [0.29, 0.717) is 12.1 Å². The van der Waals surface area contributed by atoms with Gasteiger partial charge in [-0.2, -0.15) is 0 Å². The van der Waals surface area contributed by atoms with Crippen molar-refractivity contribution in [2.24, 2.45) is 0 Å². The van der Waals surface area contributed by atoms with Crippen molar-refractivity contribution in [2.75, 3.05) is 26.2 Å². The summed E-state index contributed by atoms with van der Waals surface area (Å²) in [6, 6.07) is 31.2. The largest absolute Gasteiger partial charge is 0.342 e. The van der Waals surface area contributed by atoms with E-state index in [1.165, 1.54) is 28.1 Å². The first kappa shape index (κ1) is 24.5. The summed E-state index contributed by atoms with van der Waals surface area (Å²) in [6.45, 7) is 10.8. The zero-order valence-corrected chi connectivity index (χ0v) is 21.8. The predicted octanol–water partition coefficient (Wildman–Crippen LogP) is 6.94. The third-order valence-corrected chi connectivity index (χ3v) is 7.51. The standard InChI is InChI=1S/C32H38N4/c1-4-11-29(30-25(3)33-32(34-30)28-18-16-24(2)17-19-28)35-20-22-36(23-21-35)31(26-12-7-5-8-13-26)27-14-9-6-10-15-27/h5-10,12-19,29,31H,4,11,20-23H2,1-3H3,(H,33,34). The number of hydrogen-bond donors (Lipinski definition) is 1. The number of benzene rings is 3. The van der Waals surface area contributed by atoms with Crippen LogP contribution in [0.1, 0.15) is 59.9 Å². The molecule has 1 aliphatic heterocycles. The maximum absolute atomic E-state index is 5.14. The molecule has 1 aromatic heterocycles. The second kappa shape index (κ2) is 11.2. The minimum atomic E-state index is 0.291. The molecule has 1 N–H and O–H groups in total. The zero-order valence-electron chi connectivity index (χ0n) is 21.8. The van der Waals surface area contributed by atoms with E-state index >= 15 is 0 Å². The van der Waals surface area contributed by atoms with Gasteiger partial charge in [0.25, 0.3) is 0 Å². The summed E-state index contributed by atoms with van der Waals surface area (Å²) in [5, 5.41) is 0. The third-order valence-electron chi connectivity index (χ3n) is 7.51. The number of aromatic nitrogens is 2. The Balaban J connectivity index is 1.35. The summed E-state index contributed by atoms with van der Waals surface area (Å²) in [5.41, 5.74) is 7.57. The summed E-state index contributed by atoms with van der Waals surface area (Å²) in [5.74, 6) is 0.982. The molecule has 0 bridgehead atoms. The van der Waals surface area contributed by atoms with E-state index in [2.05, 4.69) is 120 Å². The zero-order chi connectivity index (χ0) is 24.9. The lowest BCUT2D eigenvalue weighted by Gasteiger charge is -2.42. The van der Waals surface area contributed by atoms with Gasteiger partial charge in [0.1, 0.15) is 5.82 Å². The number of hydrogen-bond acceptors (Lipinski definition) is 3. The fraction of sp³-hybridized carbons (Fsp3) is 0.344. The molecule has 0 spiro atoms. The van der Waals surface area contributed by atoms with E-state index in [4.69, 9.17) is 4.98 Å². The normalized spacial score (nSPS) is 15.9. The Morgan fingerprint density at radius 2 is 1.31 bits per heavy atom. The molecule has 4 aromatic rings. The van der Waals surface area contributed by atoms with E-state index < -0.39 is 0 Å². The van der Waals surface area contributed by atoms with Crippen LogP contribution in [0.15, 0.2) is 84.9 Å². The Bertz CT molecular complexity index is 1180. The molecule has 1 atom stereocenters. The van der Waals surface area contributed by atoms with Gasteiger partial charge in [-0.3, -0.25) is 9.80 Å². The highest BCUT2D eigenvalue weighted by Gasteiger charge is 2.31. The van der Waals surface area contributed by atoms with Crippen LogP contribution >= 0.6 is 0 Å². The van der Waals surface area contributed by atoms with E-state index in [9.17, 15) is 0 Å². The molecule has 4 heteroatoms. The van der Waals surface area contributed by atoms with Gasteiger partial charge in [0, 0.05) is 37.4 Å². The molecule has 0 saturated carbocycles. The molecule has 186 valence electrons. The number of rotatable bonds is 8. The fourth-order valence-corrected chi connectivity index (χ4v) is 5.60. The molecule has 1 saturated heterocycles. The number of imidazole rings is 1. The average molecular weight is 479 g/mol. The number of piperazine rings is 1. The smallest absolute Gasteiger partial charge is 0.137 e. The predicted molar refractivity (Wildman–Crippen MR) is 149 cm³/mol. The first-order valence-electron chi connectivity index (χ1n) is 13.4. The molecule has 0 radical (unpaired) electrons. The van der Waals surface area contributed by atoms with Crippen LogP contribution in [0.5, 0.6) is 0 Å². The van der Waals surface area contributed by atoms with Crippen LogP contribution in [-0.4, -0.2) is 45.9 Å². The van der Waals surface area contributed by atoms with Gasteiger partial charge in [0.05, 0.1) is 17.8 Å². The molecule has 1 fully saturated rings. The monoisotopic (exact) mass is 478 g/mol. The number of aryl methyl sites for hydroxylation is 2. The first-order valence-corrected chi connectivity index (χ1v) is 13.4. The Morgan fingerprint density at radius 1 is 0.750 bits per heavy atom. The highest BCUT2D eigenvalue weighted by atomic mass is 15.3. The summed E-state index contributed by atoms with van der Waals surface area (Å²) >= 11 is 0. The molecule has 0 aliphatic carbocycles. The Morgan fingerprint density at radius 3 is 1.86 bits per heavy atom. The van der Waals surface area contributed by atoms with Crippen LogP contribution in [0.4, 0.5) is 0 Å². The topological polar surface area (TPSA) is 35.2 Å². The minimum Gasteiger partial charge on any atom is -0.342 e. The van der Waals surface area contributed by atoms with Crippen molar-refractivity contribution in [3.63, 3.8) is 0 Å². The van der Waals surface area contributed by atoms with Gasteiger partial charge >= 0.3 is 0 Å². The minimum absolute atomic E-state index is 0.291. The lowest BCUT2D eigenvalue weighted by Crippen LogP contribution is -2.49. The van der Waals surface area contributed by atoms with E-state index in [1.54, 1.807) is 0 Å². The fourth-order valence-electron chi connectivity index (χ4n) is 5.60. The highest BCUT2D eigenvalue weighted by Crippen LogP contribution is 2.33. The maximum atomic E-state index is 5.14. The number of H-pyrrole nitrogens is 1. The quantitative estimate of drug-likeness (QED) is 0.298. The van der Waals surface area contributed by atoms with Gasteiger partial charge in [-0.05, 0) is 31.4 Å². The van der Waals surface area contributed by atoms with E-state index in [-0.39, 0.29) is 0 Å². The van der Waals surface area contributed by atoms with Crippen molar-refractivity contribution >= 4 is 0 Å². The lowest BCUT2D eigenvalue weighted by atomic mass is 9.96. The van der Waals surface area contributed by atoms with Crippen molar-refractivity contribution in [2.45, 2.75) is 45.7 Å². The molecular formula is C32H38N4. The molecule has 4 nitrogen and oxygen atoms in total. The van der Waals surface area contributed by atoms with Crippen LogP contribution in [0.2, 0.25) is 0 Å². The van der Waals surface area contributed by atoms with Crippen LogP contribution in [0, 0.1) is 13.8 Å². The van der Waals surface area contributed by atoms with Gasteiger partial charge in [-0.25, -0.2) is 4.98 Å².